The zero-order valence-electron chi connectivity index (χ0n) is 24.0. The molecule has 36 heavy (non-hydrogen) atoms. The van der Waals surface area contributed by atoms with Crippen LogP contribution in [0.2, 0.25) is 0 Å². The molecule has 2 aliphatic carbocycles. The third-order valence-electron chi connectivity index (χ3n) is 6.93. The van der Waals surface area contributed by atoms with Gasteiger partial charge in [0.15, 0.2) is 0 Å². The number of rotatable bonds is 6. The van der Waals surface area contributed by atoms with Crippen LogP contribution in [0, 0.1) is 35.5 Å². The van der Waals surface area contributed by atoms with Gasteiger partial charge in [0.1, 0.15) is 11.2 Å². The van der Waals surface area contributed by atoms with Crippen LogP contribution in [0.5, 0.6) is 0 Å². The van der Waals surface area contributed by atoms with Gasteiger partial charge >= 0.3 is 23.9 Å². The predicted molar refractivity (Wildman–Crippen MR) is 136 cm³/mol. The summed E-state index contributed by atoms with van der Waals surface area (Å²) in [5, 5.41) is 0. The summed E-state index contributed by atoms with van der Waals surface area (Å²) >= 11 is 0. The number of hydrogen-bond donors (Lipinski definition) is 0. The molecule has 8 nitrogen and oxygen atoms in total. The maximum absolute atomic E-state index is 12.1. The van der Waals surface area contributed by atoms with Gasteiger partial charge in [0.05, 0.1) is 37.9 Å². The van der Waals surface area contributed by atoms with Crippen LogP contribution in [0.15, 0.2) is 0 Å². The number of hydrogen-bond acceptors (Lipinski definition) is 8. The molecule has 0 spiro atoms. The molecule has 2 aliphatic rings. The van der Waals surface area contributed by atoms with E-state index in [1.807, 2.05) is 55.4 Å². The summed E-state index contributed by atoms with van der Waals surface area (Å²) in [4.78, 5) is 47.3. The van der Waals surface area contributed by atoms with Crippen molar-refractivity contribution in [3.05, 3.63) is 0 Å². The Morgan fingerprint density at radius 2 is 0.889 bits per heavy atom. The highest BCUT2D eigenvalue weighted by atomic mass is 16.6. The Kier molecular flexibility index (Phi) is 11.9. The molecule has 0 amide bonds. The lowest BCUT2D eigenvalue weighted by Gasteiger charge is -2.24. The zero-order valence-corrected chi connectivity index (χ0v) is 24.0. The van der Waals surface area contributed by atoms with Crippen LogP contribution in [0.1, 0.15) is 93.9 Å². The summed E-state index contributed by atoms with van der Waals surface area (Å²) in [6.45, 7) is 15.2. The van der Waals surface area contributed by atoms with Crippen LogP contribution in [0.4, 0.5) is 0 Å². The Labute approximate surface area is 217 Å². The number of methoxy groups -OCH3 is 2. The molecule has 0 radical (unpaired) electrons. The molecule has 0 aliphatic heterocycles. The minimum Gasteiger partial charge on any atom is -0.469 e. The van der Waals surface area contributed by atoms with Gasteiger partial charge in [0, 0.05) is 0 Å². The van der Waals surface area contributed by atoms with Gasteiger partial charge < -0.3 is 18.9 Å². The monoisotopic (exact) mass is 512 g/mol. The lowest BCUT2D eigenvalue weighted by molar-refractivity contribution is -0.162. The Morgan fingerprint density at radius 1 is 0.583 bits per heavy atom. The maximum Gasteiger partial charge on any atom is 0.309 e. The van der Waals surface area contributed by atoms with Crippen LogP contribution in [-0.2, 0) is 38.1 Å². The fourth-order valence-electron chi connectivity index (χ4n) is 5.20. The molecule has 0 saturated heterocycles. The van der Waals surface area contributed by atoms with Crippen LogP contribution in [0.25, 0.3) is 0 Å². The van der Waals surface area contributed by atoms with Gasteiger partial charge in [-0.25, -0.2) is 0 Å². The Hall–Kier alpha value is -2.12. The van der Waals surface area contributed by atoms with E-state index in [1.165, 1.54) is 14.2 Å². The van der Waals surface area contributed by atoms with Crippen molar-refractivity contribution in [3.63, 3.8) is 0 Å². The molecule has 0 bridgehead atoms. The largest absolute Gasteiger partial charge is 0.469 e. The average molecular weight is 513 g/mol. The molecule has 0 heterocycles. The topological polar surface area (TPSA) is 105 Å². The minimum atomic E-state index is -0.473. The molecule has 2 saturated carbocycles. The molecule has 6 atom stereocenters. The Bertz CT molecular complexity index is 696. The van der Waals surface area contributed by atoms with Crippen molar-refractivity contribution in [3.8, 4) is 0 Å². The Balaban J connectivity index is 0.000000360. The lowest BCUT2D eigenvalue weighted by Crippen LogP contribution is -2.30. The summed E-state index contributed by atoms with van der Waals surface area (Å²) < 4.78 is 20.4. The van der Waals surface area contributed by atoms with Crippen molar-refractivity contribution < 1.29 is 38.1 Å². The standard InChI is InChI=1S/2C14H24O4/c2*1-6-9-7-10(12(15)17-5)8-11(9)13(16)18-14(2,3)4/h2*9-11H,6-8H2,1-5H3/t2*9-,10+,11+/m10/s1. The number of carbonyl (C=O) groups is 4. The molecular weight excluding hydrogens is 464 g/mol. The van der Waals surface area contributed by atoms with Gasteiger partial charge in [-0.2, -0.15) is 0 Å². The molecule has 8 heteroatoms. The summed E-state index contributed by atoms with van der Waals surface area (Å²) in [6.07, 6.45) is 4.34. The third-order valence-corrected chi connectivity index (χ3v) is 6.93. The van der Waals surface area contributed by atoms with Gasteiger partial charge in [-0.1, -0.05) is 26.7 Å². The van der Waals surface area contributed by atoms with Crippen molar-refractivity contribution in [1.82, 2.24) is 0 Å². The van der Waals surface area contributed by atoms with E-state index in [0.29, 0.717) is 12.8 Å². The third kappa shape index (κ3) is 9.74. The highest BCUT2D eigenvalue weighted by molar-refractivity contribution is 5.78. The van der Waals surface area contributed by atoms with Gasteiger partial charge in [-0.15, -0.1) is 0 Å². The van der Waals surface area contributed by atoms with Crippen molar-refractivity contribution in [2.75, 3.05) is 14.2 Å². The summed E-state index contributed by atoms with van der Waals surface area (Å²) in [5.41, 5.74) is -0.947. The van der Waals surface area contributed by atoms with E-state index in [-0.39, 0.29) is 59.4 Å². The van der Waals surface area contributed by atoms with Gasteiger partial charge in [0.2, 0.25) is 0 Å². The summed E-state index contributed by atoms with van der Waals surface area (Å²) in [6, 6.07) is 0. The molecule has 2 rings (SSSR count). The smallest absolute Gasteiger partial charge is 0.309 e. The fourth-order valence-corrected chi connectivity index (χ4v) is 5.20. The minimum absolute atomic E-state index is 0.155. The first-order valence-corrected chi connectivity index (χ1v) is 13.2. The first-order valence-electron chi connectivity index (χ1n) is 13.2. The van der Waals surface area contributed by atoms with E-state index in [4.69, 9.17) is 18.9 Å². The predicted octanol–water partition coefficient (Wildman–Crippen LogP) is 5.11. The second-order valence-corrected chi connectivity index (χ2v) is 12.0. The summed E-state index contributed by atoms with van der Waals surface area (Å²) in [7, 11) is 2.79. The van der Waals surface area contributed by atoms with Crippen LogP contribution in [0.3, 0.4) is 0 Å². The first-order chi connectivity index (χ1) is 16.6. The quantitative estimate of drug-likeness (QED) is 0.357. The van der Waals surface area contributed by atoms with Crippen LogP contribution < -0.4 is 0 Å². The van der Waals surface area contributed by atoms with E-state index in [9.17, 15) is 19.2 Å². The molecule has 208 valence electrons. The lowest BCUT2D eigenvalue weighted by atomic mass is 9.93. The van der Waals surface area contributed by atoms with E-state index in [1.54, 1.807) is 0 Å². The van der Waals surface area contributed by atoms with Gasteiger partial charge in [-0.3, -0.25) is 19.2 Å². The van der Waals surface area contributed by atoms with Gasteiger partial charge in [0.25, 0.3) is 0 Å². The highest BCUT2D eigenvalue weighted by Crippen LogP contribution is 2.41. The summed E-state index contributed by atoms with van der Waals surface area (Å²) in [5.74, 6) is -0.972. The van der Waals surface area contributed by atoms with Crippen molar-refractivity contribution in [2.45, 2.75) is 105 Å². The van der Waals surface area contributed by atoms with Crippen molar-refractivity contribution >= 4 is 23.9 Å². The van der Waals surface area contributed by atoms with E-state index >= 15 is 0 Å². The first kappa shape index (κ1) is 31.9. The number of carbonyl (C=O) groups excluding carboxylic acids is 4. The maximum atomic E-state index is 12.1. The molecule has 0 N–H and O–H groups in total. The molecule has 2 fully saturated rings. The number of esters is 4. The van der Waals surface area contributed by atoms with E-state index in [0.717, 1.165) is 25.7 Å². The average Bonchev–Trinajstić information content (AvgIpc) is 3.40. The second kappa shape index (κ2) is 13.4. The van der Waals surface area contributed by atoms with Crippen LogP contribution >= 0.6 is 0 Å². The second-order valence-electron chi connectivity index (χ2n) is 12.0. The molecule has 0 aromatic rings. The molecule has 0 aromatic carbocycles. The molecule has 0 unspecified atom stereocenters. The number of ether oxygens (including phenoxy) is 4. The van der Waals surface area contributed by atoms with Crippen molar-refractivity contribution in [1.29, 1.82) is 0 Å². The fraction of sp³-hybridized carbons (Fsp3) is 0.857. The normalized spacial score (nSPS) is 27.9. The molecule has 0 aromatic heterocycles. The van der Waals surface area contributed by atoms with E-state index < -0.39 is 11.2 Å². The molecular formula is C28H48O8. The van der Waals surface area contributed by atoms with Gasteiger partial charge in [-0.05, 0) is 79.1 Å². The van der Waals surface area contributed by atoms with Crippen LogP contribution in [-0.4, -0.2) is 49.3 Å². The van der Waals surface area contributed by atoms with Crippen molar-refractivity contribution in [2.24, 2.45) is 35.5 Å². The Morgan fingerprint density at radius 3 is 1.11 bits per heavy atom. The van der Waals surface area contributed by atoms with E-state index in [2.05, 4.69) is 0 Å². The zero-order chi connectivity index (χ0) is 27.8. The SMILES string of the molecule is CC[C@@H]1C[C@H](C(=O)OC)C[C@@H]1C(=O)OC(C)(C)C.CC[C@H]1C[C@@H](C(=O)OC)C[C@H]1C(=O)OC(C)(C)C. The highest BCUT2D eigenvalue weighted by Gasteiger charge is 2.44.